The number of nitrogens with zero attached hydrogens (tertiary/aromatic N) is 3. The molecule has 31 heavy (non-hydrogen) atoms. The Morgan fingerprint density at radius 1 is 1.16 bits per heavy atom. The van der Waals surface area contributed by atoms with Crippen LogP contribution in [0.2, 0.25) is 0 Å². The lowest BCUT2D eigenvalue weighted by Gasteiger charge is -2.27. The zero-order valence-electron chi connectivity index (χ0n) is 17.4. The van der Waals surface area contributed by atoms with Crippen LogP contribution in [0.5, 0.6) is 11.5 Å². The van der Waals surface area contributed by atoms with Crippen LogP contribution in [0, 0.1) is 11.8 Å². The zero-order chi connectivity index (χ0) is 21.8. The fourth-order valence-corrected chi connectivity index (χ4v) is 4.01. The molecule has 4 rings (SSSR count). The maximum absolute atomic E-state index is 10.5. The van der Waals surface area contributed by atoms with Gasteiger partial charge >= 0.3 is 0 Å². The second kappa shape index (κ2) is 9.52. The number of anilines is 1. The van der Waals surface area contributed by atoms with Gasteiger partial charge in [0.25, 0.3) is 0 Å². The number of benzene rings is 2. The van der Waals surface area contributed by atoms with Crippen LogP contribution in [0.25, 0.3) is 0 Å². The van der Waals surface area contributed by atoms with E-state index in [1.807, 2.05) is 17.0 Å². The molecule has 8 heteroatoms. The quantitative estimate of drug-likeness (QED) is 0.424. The van der Waals surface area contributed by atoms with Crippen LogP contribution in [0.3, 0.4) is 0 Å². The number of amidine groups is 1. The highest BCUT2D eigenvalue weighted by atomic mass is 32.1. The lowest BCUT2D eigenvalue weighted by molar-refractivity contribution is 0.0342. The van der Waals surface area contributed by atoms with Gasteiger partial charge < -0.3 is 14.9 Å². The van der Waals surface area contributed by atoms with Crippen LogP contribution in [0.4, 0.5) is 5.69 Å². The van der Waals surface area contributed by atoms with Gasteiger partial charge in [-0.1, -0.05) is 18.1 Å². The fourth-order valence-electron chi connectivity index (χ4n) is 3.71. The van der Waals surface area contributed by atoms with Crippen LogP contribution < -0.4 is 10.3 Å². The predicted molar refractivity (Wildman–Crippen MR) is 124 cm³/mol. The molecule has 2 heterocycles. The van der Waals surface area contributed by atoms with Crippen LogP contribution in [-0.4, -0.2) is 52.7 Å². The second-order valence-corrected chi connectivity index (χ2v) is 7.95. The van der Waals surface area contributed by atoms with Crippen LogP contribution in [0.1, 0.15) is 23.6 Å². The van der Waals surface area contributed by atoms with Crippen molar-refractivity contribution < 1.29 is 14.9 Å². The van der Waals surface area contributed by atoms with Crippen molar-refractivity contribution in [3.8, 4) is 23.3 Å². The van der Waals surface area contributed by atoms with E-state index in [1.165, 1.54) is 11.6 Å². The highest BCUT2D eigenvalue weighted by Gasteiger charge is 2.30. The van der Waals surface area contributed by atoms with Gasteiger partial charge in [-0.3, -0.25) is 15.2 Å². The monoisotopic (exact) mass is 438 g/mol. The van der Waals surface area contributed by atoms with E-state index in [0.29, 0.717) is 23.4 Å². The molecule has 1 saturated heterocycles. The number of hydrazone groups is 1. The molecule has 0 aromatic heterocycles. The van der Waals surface area contributed by atoms with Gasteiger partial charge in [-0.05, 0) is 30.7 Å². The van der Waals surface area contributed by atoms with Gasteiger partial charge in [0.15, 0.2) is 11.3 Å². The molecular weight excluding hydrogens is 412 g/mol. The number of hydrogen-bond donors (Lipinski definition) is 4. The molecule has 1 fully saturated rings. The first-order valence-corrected chi connectivity index (χ1v) is 10.7. The molecule has 0 bridgehead atoms. The van der Waals surface area contributed by atoms with Gasteiger partial charge in [0, 0.05) is 43.4 Å². The minimum Gasteiger partial charge on any atom is -0.507 e. The van der Waals surface area contributed by atoms with Crippen molar-refractivity contribution in [1.29, 1.82) is 0 Å². The largest absolute Gasteiger partial charge is 0.507 e. The smallest absolute Gasteiger partial charge is 0.166 e. The average molecular weight is 439 g/mol. The Hall–Kier alpha value is -2.86. The zero-order valence-corrected chi connectivity index (χ0v) is 18.3. The van der Waals surface area contributed by atoms with E-state index < -0.39 is 0 Å². The Morgan fingerprint density at radius 3 is 2.61 bits per heavy atom. The summed E-state index contributed by atoms with van der Waals surface area (Å²) in [4.78, 5) is 4.28. The SMILES string of the molecule is CC#CCc1cc(C2=NNC(S)N2c2ccc(CN3CCOCC3)cc2)c(O)cc1O. The molecule has 0 amide bonds. The Balaban J connectivity index is 1.58. The van der Waals surface area contributed by atoms with Gasteiger partial charge in [-0.25, -0.2) is 0 Å². The van der Waals surface area contributed by atoms with Crippen molar-refractivity contribution in [3.05, 3.63) is 53.1 Å². The van der Waals surface area contributed by atoms with Gasteiger partial charge in [0.1, 0.15) is 11.5 Å². The molecule has 7 nitrogen and oxygen atoms in total. The first kappa shape index (κ1) is 21.4. The van der Waals surface area contributed by atoms with Crippen molar-refractivity contribution in [2.24, 2.45) is 5.10 Å². The Bertz CT molecular complexity index is 1020. The third-order valence-electron chi connectivity index (χ3n) is 5.38. The first-order valence-electron chi connectivity index (χ1n) is 10.2. The Kier molecular flexibility index (Phi) is 6.56. The molecule has 2 aliphatic heterocycles. The third kappa shape index (κ3) is 4.74. The average Bonchev–Trinajstić information content (AvgIpc) is 3.15. The van der Waals surface area contributed by atoms with Gasteiger partial charge in [-0.15, -0.1) is 18.5 Å². The molecule has 0 saturated carbocycles. The molecule has 2 aromatic carbocycles. The summed E-state index contributed by atoms with van der Waals surface area (Å²) in [5, 5.41) is 25.1. The summed E-state index contributed by atoms with van der Waals surface area (Å²) >= 11 is 4.60. The molecule has 2 aliphatic rings. The topological polar surface area (TPSA) is 80.6 Å². The number of aromatic hydroxyl groups is 2. The summed E-state index contributed by atoms with van der Waals surface area (Å²) in [5.74, 6) is 6.26. The summed E-state index contributed by atoms with van der Waals surface area (Å²) < 4.78 is 5.42. The van der Waals surface area contributed by atoms with E-state index in [-0.39, 0.29) is 17.0 Å². The number of phenols is 2. The summed E-state index contributed by atoms with van der Waals surface area (Å²) in [6.45, 7) is 6.07. The normalized spacial score (nSPS) is 18.8. The number of morpholine rings is 1. The van der Waals surface area contributed by atoms with E-state index in [0.717, 1.165) is 38.5 Å². The molecule has 0 spiro atoms. The summed E-state index contributed by atoms with van der Waals surface area (Å²) in [6, 6.07) is 11.3. The van der Waals surface area contributed by atoms with Gasteiger partial charge in [0.05, 0.1) is 18.8 Å². The maximum Gasteiger partial charge on any atom is 0.166 e. The minimum absolute atomic E-state index is 0.0111. The minimum atomic E-state index is -0.382. The number of rotatable bonds is 5. The number of thiol groups is 1. The molecule has 162 valence electrons. The van der Waals surface area contributed by atoms with Crippen molar-refractivity contribution in [1.82, 2.24) is 10.3 Å². The molecule has 1 unspecified atom stereocenters. The van der Waals surface area contributed by atoms with E-state index in [4.69, 9.17) is 4.74 Å². The second-order valence-electron chi connectivity index (χ2n) is 7.46. The Morgan fingerprint density at radius 2 is 1.90 bits per heavy atom. The van der Waals surface area contributed by atoms with Gasteiger partial charge in [0.2, 0.25) is 0 Å². The van der Waals surface area contributed by atoms with Crippen LogP contribution in [-0.2, 0) is 17.7 Å². The van der Waals surface area contributed by atoms with E-state index in [2.05, 4.69) is 52.0 Å². The lowest BCUT2D eigenvalue weighted by Crippen LogP contribution is -2.37. The van der Waals surface area contributed by atoms with Crippen molar-refractivity contribution in [2.75, 3.05) is 31.2 Å². The number of nitrogens with one attached hydrogen (secondary N) is 1. The van der Waals surface area contributed by atoms with E-state index in [1.54, 1.807) is 13.0 Å². The summed E-state index contributed by atoms with van der Waals surface area (Å²) in [5.41, 5.74) is 5.83. The van der Waals surface area contributed by atoms with E-state index >= 15 is 0 Å². The lowest BCUT2D eigenvalue weighted by atomic mass is 10.0. The molecule has 3 N–H and O–H groups in total. The van der Waals surface area contributed by atoms with E-state index in [9.17, 15) is 10.2 Å². The highest BCUT2D eigenvalue weighted by Crippen LogP contribution is 2.33. The number of hydrogen-bond acceptors (Lipinski definition) is 8. The molecular formula is C23H26N4O3S. The Labute approximate surface area is 187 Å². The van der Waals surface area contributed by atoms with Crippen LogP contribution >= 0.6 is 12.6 Å². The van der Waals surface area contributed by atoms with Crippen molar-refractivity contribution >= 4 is 24.2 Å². The first-order chi connectivity index (χ1) is 15.1. The van der Waals surface area contributed by atoms with Crippen molar-refractivity contribution in [2.45, 2.75) is 25.4 Å². The molecule has 0 radical (unpaired) electrons. The number of ether oxygens (including phenoxy) is 1. The fraction of sp³-hybridized carbons (Fsp3) is 0.348. The summed E-state index contributed by atoms with van der Waals surface area (Å²) in [6.07, 6.45) is 0.386. The number of phenolic OH excluding ortho intramolecular Hbond substituents is 2. The van der Waals surface area contributed by atoms with Crippen LogP contribution in [0.15, 0.2) is 41.5 Å². The highest BCUT2D eigenvalue weighted by molar-refractivity contribution is 7.81. The van der Waals surface area contributed by atoms with Gasteiger partial charge in [-0.2, -0.15) is 5.10 Å². The summed E-state index contributed by atoms with van der Waals surface area (Å²) in [7, 11) is 0. The third-order valence-corrected chi connectivity index (χ3v) is 5.72. The molecule has 0 aliphatic carbocycles. The predicted octanol–water partition coefficient (Wildman–Crippen LogP) is 2.48. The maximum atomic E-state index is 10.5. The van der Waals surface area contributed by atoms with Crippen molar-refractivity contribution in [3.63, 3.8) is 0 Å². The standard InChI is InChI=1S/C23H26N4O3S/c1-2-3-4-17-13-19(21(29)14-20(17)28)22-24-25-23(31)27(22)18-7-5-16(6-8-18)15-26-9-11-30-12-10-26/h5-8,13-14,23,25,28-29,31H,4,9-12,15H2,1H3. The molecule has 1 atom stereocenters. The molecule has 2 aromatic rings.